The van der Waals surface area contributed by atoms with Gasteiger partial charge in [-0.05, 0) is 57.3 Å². The smallest absolute Gasteiger partial charge is 0.164 e. The molecular formula is C51H40N4S. The van der Waals surface area contributed by atoms with Gasteiger partial charge in [0.25, 0.3) is 0 Å². The fraction of sp³-hybridized carbons (Fsp3) is 0.157. The number of para-hydroxylation sites is 1. The van der Waals surface area contributed by atoms with Gasteiger partial charge >= 0.3 is 0 Å². The van der Waals surface area contributed by atoms with Crippen LogP contribution >= 0.6 is 11.8 Å². The number of fused-ring (bicyclic) bond motifs is 10. The van der Waals surface area contributed by atoms with Crippen molar-refractivity contribution >= 4 is 39.1 Å². The Kier molecular flexibility index (Phi) is 7.27. The van der Waals surface area contributed by atoms with Crippen molar-refractivity contribution in [3.63, 3.8) is 0 Å². The Morgan fingerprint density at radius 2 is 1.29 bits per heavy atom. The molecule has 270 valence electrons. The molecule has 0 spiro atoms. The van der Waals surface area contributed by atoms with E-state index in [-0.39, 0.29) is 22.0 Å². The number of hydrogen-bond acceptors (Lipinski definition) is 4. The van der Waals surface area contributed by atoms with Crippen molar-refractivity contribution in [3.05, 3.63) is 180 Å². The third-order valence-electron chi connectivity index (χ3n) is 13.0. The molecule has 0 amide bonds. The van der Waals surface area contributed by atoms with Crippen LogP contribution in [0.25, 0.3) is 67.0 Å². The standard InChI is InChI=1S/C51H40N4S/c1-50(2)40-25-11-8-22-38(40)44-41(51(50,3)4)29-28-36-34-20-9-12-26-42(34)55(45(36)44)33-19-14-18-32(30-33)48-52-47(31-16-6-5-7-17-31)53-49(54-48)39-24-15-23-37-35-21-10-13-27-43(35)56-46(37)39/h5-30,37,46H,1-4H3. The summed E-state index contributed by atoms with van der Waals surface area (Å²) >= 11 is 1.91. The number of nitrogens with zero attached hydrogens (tertiary/aromatic N) is 4. The highest BCUT2D eigenvalue weighted by Crippen LogP contribution is 2.56. The third kappa shape index (κ3) is 4.77. The Morgan fingerprint density at radius 3 is 2.16 bits per heavy atom. The number of rotatable bonds is 4. The number of benzene rings is 6. The second-order valence-electron chi connectivity index (χ2n) is 16.4. The molecule has 1 aliphatic heterocycles. The van der Waals surface area contributed by atoms with Gasteiger partial charge in [-0.2, -0.15) is 0 Å². The molecular weight excluding hydrogens is 701 g/mol. The summed E-state index contributed by atoms with van der Waals surface area (Å²) in [5, 5.41) is 2.70. The second-order valence-corrected chi connectivity index (χ2v) is 17.5. The van der Waals surface area contributed by atoms with Crippen LogP contribution in [0.1, 0.15) is 56.1 Å². The predicted molar refractivity (Wildman–Crippen MR) is 232 cm³/mol. The molecule has 6 aromatic carbocycles. The fourth-order valence-electron chi connectivity index (χ4n) is 9.45. The van der Waals surface area contributed by atoms with Crippen LogP contribution in [-0.2, 0) is 10.8 Å². The summed E-state index contributed by atoms with van der Waals surface area (Å²) in [4.78, 5) is 17.0. The lowest BCUT2D eigenvalue weighted by molar-refractivity contribution is 0.299. The first-order valence-corrected chi connectivity index (χ1v) is 20.4. The largest absolute Gasteiger partial charge is 0.309 e. The molecule has 3 heterocycles. The summed E-state index contributed by atoms with van der Waals surface area (Å²) in [7, 11) is 0. The van der Waals surface area contributed by atoms with E-state index in [4.69, 9.17) is 15.0 Å². The summed E-state index contributed by atoms with van der Waals surface area (Å²) in [6.45, 7) is 9.61. The molecule has 8 aromatic rings. The molecule has 2 aliphatic carbocycles. The van der Waals surface area contributed by atoms with Crippen LogP contribution in [0.3, 0.4) is 0 Å². The van der Waals surface area contributed by atoms with E-state index in [9.17, 15) is 0 Å². The van der Waals surface area contributed by atoms with Gasteiger partial charge < -0.3 is 4.57 Å². The summed E-state index contributed by atoms with van der Waals surface area (Å²) in [5.74, 6) is 2.35. The molecule has 0 N–H and O–H groups in total. The van der Waals surface area contributed by atoms with E-state index in [0.29, 0.717) is 11.6 Å². The molecule has 0 bridgehead atoms. The SMILES string of the molecule is CC1(C)c2ccccc2-c2c(ccc3c4ccccc4n(-c4cccc(-c5nc(C6=CC=CC7c8ccccc8SC67)nc(-c6ccccc6)n5)c4)c23)C1(C)C. The maximum atomic E-state index is 5.31. The van der Waals surface area contributed by atoms with Gasteiger partial charge in [0.1, 0.15) is 0 Å². The first kappa shape index (κ1) is 33.3. The maximum absolute atomic E-state index is 5.31. The van der Waals surface area contributed by atoms with Crippen molar-refractivity contribution in [2.45, 2.75) is 54.6 Å². The first-order chi connectivity index (χ1) is 27.3. The summed E-state index contributed by atoms with van der Waals surface area (Å²) in [6.07, 6.45) is 6.70. The second kappa shape index (κ2) is 12.2. The number of allylic oxidation sites excluding steroid dienone is 3. The Balaban J connectivity index is 1.13. The summed E-state index contributed by atoms with van der Waals surface area (Å²) < 4.78 is 2.48. The fourth-order valence-corrected chi connectivity index (χ4v) is 10.9. The van der Waals surface area contributed by atoms with Gasteiger partial charge in [-0.25, -0.2) is 15.0 Å². The van der Waals surface area contributed by atoms with E-state index < -0.39 is 0 Å². The van der Waals surface area contributed by atoms with Crippen molar-refractivity contribution in [2.75, 3.05) is 0 Å². The van der Waals surface area contributed by atoms with E-state index in [1.54, 1.807) is 0 Å². The highest BCUT2D eigenvalue weighted by Gasteiger charge is 2.46. The highest BCUT2D eigenvalue weighted by atomic mass is 32.2. The molecule has 3 aliphatic rings. The van der Waals surface area contributed by atoms with E-state index in [1.807, 2.05) is 30.0 Å². The maximum Gasteiger partial charge on any atom is 0.164 e. The Bertz CT molecular complexity index is 2970. The lowest BCUT2D eigenvalue weighted by Crippen LogP contribution is -2.43. The minimum atomic E-state index is -0.107. The molecule has 2 aromatic heterocycles. The minimum absolute atomic E-state index is 0.0583. The summed E-state index contributed by atoms with van der Waals surface area (Å²) in [6, 6.07) is 50.4. The molecule has 0 saturated carbocycles. The molecule has 56 heavy (non-hydrogen) atoms. The van der Waals surface area contributed by atoms with Crippen LogP contribution < -0.4 is 0 Å². The minimum Gasteiger partial charge on any atom is -0.309 e. The van der Waals surface area contributed by atoms with E-state index in [1.165, 1.54) is 54.5 Å². The van der Waals surface area contributed by atoms with Crippen molar-refractivity contribution in [1.82, 2.24) is 19.5 Å². The van der Waals surface area contributed by atoms with Gasteiger partial charge in [0.2, 0.25) is 0 Å². The molecule has 0 fully saturated rings. The third-order valence-corrected chi connectivity index (χ3v) is 14.4. The number of aromatic nitrogens is 4. The van der Waals surface area contributed by atoms with Crippen LogP contribution in [0.15, 0.2) is 163 Å². The number of thioether (sulfide) groups is 1. The first-order valence-electron chi connectivity index (χ1n) is 19.5. The quantitative estimate of drug-likeness (QED) is 0.180. The zero-order chi connectivity index (χ0) is 37.8. The van der Waals surface area contributed by atoms with Gasteiger partial charge in [0.05, 0.1) is 11.0 Å². The van der Waals surface area contributed by atoms with Gasteiger partial charge in [-0.3, -0.25) is 0 Å². The van der Waals surface area contributed by atoms with Crippen molar-refractivity contribution in [1.29, 1.82) is 0 Å². The lowest BCUT2D eigenvalue weighted by atomic mass is 9.55. The van der Waals surface area contributed by atoms with Crippen LogP contribution in [-0.4, -0.2) is 24.8 Å². The predicted octanol–water partition coefficient (Wildman–Crippen LogP) is 12.7. The zero-order valence-corrected chi connectivity index (χ0v) is 32.7. The van der Waals surface area contributed by atoms with Crippen LogP contribution in [0.4, 0.5) is 0 Å². The molecule has 5 heteroatoms. The number of hydrogen-bond donors (Lipinski definition) is 0. The van der Waals surface area contributed by atoms with Crippen LogP contribution in [0.2, 0.25) is 0 Å². The van der Waals surface area contributed by atoms with Gasteiger partial charge in [-0.15, -0.1) is 11.8 Å². The van der Waals surface area contributed by atoms with Crippen molar-refractivity contribution in [3.8, 4) is 39.6 Å². The van der Waals surface area contributed by atoms with Gasteiger partial charge in [0, 0.05) is 54.8 Å². The van der Waals surface area contributed by atoms with Crippen molar-refractivity contribution < 1.29 is 0 Å². The molecule has 2 unspecified atom stereocenters. The Labute approximate surface area is 331 Å². The van der Waals surface area contributed by atoms with Gasteiger partial charge in [0.15, 0.2) is 17.5 Å². The van der Waals surface area contributed by atoms with Crippen molar-refractivity contribution in [2.24, 2.45) is 0 Å². The Hall–Kier alpha value is -6.04. The molecule has 4 nitrogen and oxygen atoms in total. The zero-order valence-electron chi connectivity index (χ0n) is 31.9. The average molecular weight is 741 g/mol. The molecule has 0 saturated heterocycles. The lowest BCUT2D eigenvalue weighted by Gasteiger charge is -2.48. The van der Waals surface area contributed by atoms with E-state index in [2.05, 4.69) is 172 Å². The summed E-state index contributed by atoms with van der Waals surface area (Å²) in [5.41, 5.74) is 13.2. The topological polar surface area (TPSA) is 43.6 Å². The molecule has 0 radical (unpaired) electrons. The highest BCUT2D eigenvalue weighted by molar-refractivity contribution is 8.00. The molecule has 2 atom stereocenters. The average Bonchev–Trinajstić information content (AvgIpc) is 3.79. The monoisotopic (exact) mass is 740 g/mol. The molecule has 11 rings (SSSR count). The van der Waals surface area contributed by atoms with Gasteiger partial charge in [-0.1, -0.05) is 161 Å². The van der Waals surface area contributed by atoms with Crippen LogP contribution in [0, 0.1) is 0 Å². The van der Waals surface area contributed by atoms with E-state index >= 15 is 0 Å². The normalized spacial score (nSPS) is 18.6. The Morgan fingerprint density at radius 1 is 0.589 bits per heavy atom. The van der Waals surface area contributed by atoms with Crippen LogP contribution in [0.5, 0.6) is 0 Å². The van der Waals surface area contributed by atoms with E-state index in [0.717, 1.165) is 28.2 Å².